The zero-order valence-corrected chi connectivity index (χ0v) is 7.67. The summed E-state index contributed by atoms with van der Waals surface area (Å²) in [5.74, 6) is -0.227. The van der Waals surface area contributed by atoms with Gasteiger partial charge in [-0.15, -0.1) is 0 Å². The molecule has 12 heavy (non-hydrogen) atoms. The fraction of sp³-hybridized carbons (Fsp3) is 0.667. The van der Waals surface area contributed by atoms with Crippen molar-refractivity contribution in [1.29, 1.82) is 0 Å². The third kappa shape index (κ3) is 2.66. The van der Waals surface area contributed by atoms with Gasteiger partial charge in [0.25, 0.3) is 0 Å². The number of hydrogen-bond acceptors (Lipinski definition) is 3. The third-order valence-corrected chi connectivity index (χ3v) is 2.15. The van der Waals surface area contributed by atoms with E-state index in [9.17, 15) is 4.79 Å². The van der Waals surface area contributed by atoms with Crippen LogP contribution in [0.25, 0.3) is 0 Å². The van der Waals surface area contributed by atoms with E-state index in [4.69, 9.17) is 0 Å². The minimum Gasteiger partial charge on any atom is -0.466 e. The number of likely N-dealkylation sites (tertiary alicyclic amines) is 1. The molecule has 0 amide bonds. The van der Waals surface area contributed by atoms with E-state index in [0.717, 1.165) is 25.9 Å². The van der Waals surface area contributed by atoms with Crippen LogP contribution in [0, 0.1) is 0 Å². The van der Waals surface area contributed by atoms with Gasteiger partial charge in [-0.1, -0.05) is 5.57 Å². The van der Waals surface area contributed by atoms with Crippen molar-refractivity contribution in [2.45, 2.75) is 12.8 Å². The largest absolute Gasteiger partial charge is 0.466 e. The summed E-state index contributed by atoms with van der Waals surface area (Å²) in [6.45, 7) is 2.09. The second-order valence-electron chi connectivity index (χ2n) is 3.13. The number of carbonyl (C=O) groups is 1. The predicted octanol–water partition coefficient (Wildman–Crippen LogP) is 0.811. The first kappa shape index (κ1) is 9.26. The second kappa shape index (κ2) is 4.26. The molecule has 1 aliphatic heterocycles. The average Bonchev–Trinajstić information content (AvgIpc) is 2.09. The number of rotatable bonds is 1. The van der Waals surface area contributed by atoms with Gasteiger partial charge in [0.1, 0.15) is 0 Å². The quantitative estimate of drug-likeness (QED) is 0.430. The van der Waals surface area contributed by atoms with Crippen LogP contribution in [-0.4, -0.2) is 38.1 Å². The van der Waals surface area contributed by atoms with Crippen molar-refractivity contribution >= 4 is 5.97 Å². The summed E-state index contributed by atoms with van der Waals surface area (Å²) in [4.78, 5) is 13.1. The van der Waals surface area contributed by atoms with E-state index in [-0.39, 0.29) is 5.97 Å². The Morgan fingerprint density at radius 2 is 2.08 bits per heavy atom. The van der Waals surface area contributed by atoms with Gasteiger partial charge >= 0.3 is 5.97 Å². The van der Waals surface area contributed by atoms with Crippen molar-refractivity contribution in [2.75, 3.05) is 27.2 Å². The minimum absolute atomic E-state index is 0.227. The first-order valence-electron chi connectivity index (χ1n) is 4.18. The van der Waals surface area contributed by atoms with Crippen LogP contribution in [-0.2, 0) is 9.53 Å². The molecule has 0 aromatic heterocycles. The molecule has 3 nitrogen and oxygen atoms in total. The summed E-state index contributed by atoms with van der Waals surface area (Å²) >= 11 is 0. The third-order valence-electron chi connectivity index (χ3n) is 2.15. The molecule has 0 spiro atoms. The molecule has 0 bridgehead atoms. The van der Waals surface area contributed by atoms with Crippen LogP contribution in [0.1, 0.15) is 12.8 Å². The van der Waals surface area contributed by atoms with E-state index in [0.29, 0.717) is 0 Å². The summed E-state index contributed by atoms with van der Waals surface area (Å²) in [5, 5.41) is 0. The molecule has 0 N–H and O–H groups in total. The lowest BCUT2D eigenvalue weighted by molar-refractivity contribution is -0.134. The Morgan fingerprint density at radius 1 is 1.50 bits per heavy atom. The van der Waals surface area contributed by atoms with Crippen LogP contribution in [0.3, 0.4) is 0 Å². The maximum absolute atomic E-state index is 10.8. The van der Waals surface area contributed by atoms with Crippen LogP contribution in [0.15, 0.2) is 11.6 Å². The van der Waals surface area contributed by atoms with Crippen LogP contribution in [0.5, 0.6) is 0 Å². The molecule has 1 aliphatic rings. The molecule has 68 valence electrons. The SMILES string of the molecule is COC(=O)C=C1CCN(C)CC1. The van der Waals surface area contributed by atoms with Crippen LogP contribution in [0.4, 0.5) is 0 Å². The fourth-order valence-corrected chi connectivity index (χ4v) is 1.28. The van der Waals surface area contributed by atoms with Gasteiger partial charge in [0.15, 0.2) is 0 Å². The molecule has 0 aliphatic carbocycles. The summed E-state index contributed by atoms with van der Waals surface area (Å²) in [6.07, 6.45) is 3.60. The van der Waals surface area contributed by atoms with Gasteiger partial charge in [0, 0.05) is 19.2 Å². The van der Waals surface area contributed by atoms with Gasteiger partial charge in [0.05, 0.1) is 7.11 Å². The standard InChI is InChI=1S/C9H15NO2/c1-10-5-3-8(4-6-10)7-9(11)12-2/h7H,3-6H2,1-2H3. The van der Waals surface area contributed by atoms with Crippen LogP contribution < -0.4 is 0 Å². The molecule has 0 unspecified atom stereocenters. The lowest BCUT2D eigenvalue weighted by atomic mass is 10.0. The summed E-state index contributed by atoms with van der Waals surface area (Å²) in [5.41, 5.74) is 1.21. The highest BCUT2D eigenvalue weighted by Gasteiger charge is 2.10. The van der Waals surface area contributed by atoms with Gasteiger partial charge in [-0.2, -0.15) is 0 Å². The average molecular weight is 169 g/mol. The van der Waals surface area contributed by atoms with Crippen molar-refractivity contribution in [1.82, 2.24) is 4.90 Å². The van der Waals surface area contributed by atoms with Gasteiger partial charge in [-0.25, -0.2) is 4.79 Å². The molecule has 1 saturated heterocycles. The summed E-state index contributed by atoms with van der Waals surface area (Å²) in [6, 6.07) is 0. The van der Waals surface area contributed by atoms with Crippen molar-refractivity contribution in [2.24, 2.45) is 0 Å². The minimum atomic E-state index is -0.227. The van der Waals surface area contributed by atoms with Crippen LogP contribution >= 0.6 is 0 Å². The lowest BCUT2D eigenvalue weighted by Crippen LogP contribution is -2.26. The monoisotopic (exact) mass is 169 g/mol. The molecular formula is C9H15NO2. The molecule has 0 aromatic rings. The van der Waals surface area contributed by atoms with Crippen molar-refractivity contribution in [3.63, 3.8) is 0 Å². The van der Waals surface area contributed by atoms with E-state index in [2.05, 4.69) is 16.7 Å². The van der Waals surface area contributed by atoms with E-state index in [1.165, 1.54) is 12.7 Å². The predicted molar refractivity (Wildman–Crippen MR) is 46.8 cm³/mol. The Hall–Kier alpha value is -0.830. The number of esters is 1. The molecule has 0 aromatic carbocycles. The Labute approximate surface area is 73.0 Å². The number of piperidine rings is 1. The van der Waals surface area contributed by atoms with Crippen molar-refractivity contribution in [3.8, 4) is 0 Å². The molecule has 0 saturated carbocycles. The molecule has 3 heteroatoms. The molecule has 0 radical (unpaired) electrons. The molecule has 1 rings (SSSR count). The van der Waals surface area contributed by atoms with Gasteiger partial charge in [-0.3, -0.25) is 0 Å². The normalized spacial score (nSPS) is 19.0. The lowest BCUT2D eigenvalue weighted by Gasteiger charge is -2.23. The molecule has 0 atom stereocenters. The molecular weight excluding hydrogens is 154 g/mol. The van der Waals surface area contributed by atoms with E-state index >= 15 is 0 Å². The Morgan fingerprint density at radius 3 is 2.58 bits per heavy atom. The topological polar surface area (TPSA) is 29.5 Å². The van der Waals surface area contributed by atoms with E-state index < -0.39 is 0 Å². The number of hydrogen-bond donors (Lipinski definition) is 0. The number of ether oxygens (including phenoxy) is 1. The van der Waals surface area contributed by atoms with E-state index in [1.807, 2.05) is 0 Å². The zero-order chi connectivity index (χ0) is 8.97. The Balaban J connectivity index is 2.43. The second-order valence-corrected chi connectivity index (χ2v) is 3.13. The fourth-order valence-electron chi connectivity index (χ4n) is 1.28. The maximum atomic E-state index is 10.8. The Kier molecular flexibility index (Phi) is 3.29. The highest BCUT2D eigenvalue weighted by atomic mass is 16.5. The van der Waals surface area contributed by atoms with Crippen molar-refractivity contribution in [3.05, 3.63) is 11.6 Å². The number of carbonyl (C=O) groups excluding carboxylic acids is 1. The van der Waals surface area contributed by atoms with Gasteiger partial charge < -0.3 is 9.64 Å². The van der Waals surface area contributed by atoms with Gasteiger partial charge in [-0.05, 0) is 19.9 Å². The maximum Gasteiger partial charge on any atom is 0.330 e. The highest BCUT2D eigenvalue weighted by molar-refractivity contribution is 5.82. The number of nitrogens with zero attached hydrogens (tertiary/aromatic N) is 1. The first-order valence-corrected chi connectivity index (χ1v) is 4.18. The van der Waals surface area contributed by atoms with Crippen molar-refractivity contribution < 1.29 is 9.53 Å². The smallest absolute Gasteiger partial charge is 0.330 e. The van der Waals surface area contributed by atoms with E-state index in [1.54, 1.807) is 6.08 Å². The molecule has 1 heterocycles. The number of methoxy groups -OCH3 is 1. The zero-order valence-electron chi connectivity index (χ0n) is 7.67. The van der Waals surface area contributed by atoms with Crippen LogP contribution in [0.2, 0.25) is 0 Å². The Bertz CT molecular complexity index is 189. The summed E-state index contributed by atoms with van der Waals surface area (Å²) < 4.78 is 4.55. The highest BCUT2D eigenvalue weighted by Crippen LogP contribution is 2.14. The summed E-state index contributed by atoms with van der Waals surface area (Å²) in [7, 11) is 3.50. The molecule has 1 fully saturated rings. The van der Waals surface area contributed by atoms with Gasteiger partial charge in [0.2, 0.25) is 0 Å². The first-order chi connectivity index (χ1) is 5.72.